The van der Waals surface area contributed by atoms with E-state index in [4.69, 9.17) is 0 Å². The second-order valence-corrected chi connectivity index (χ2v) is 4.73. The van der Waals surface area contributed by atoms with Crippen molar-refractivity contribution in [1.82, 2.24) is 19.7 Å². The molecule has 0 spiro atoms. The van der Waals surface area contributed by atoms with Crippen LogP contribution in [0.4, 0.5) is 5.69 Å². The normalized spacial score (nSPS) is 16.2. The van der Waals surface area contributed by atoms with Gasteiger partial charge in [-0.05, 0) is 18.6 Å². The third kappa shape index (κ3) is 2.31. The average molecular weight is 259 g/mol. The van der Waals surface area contributed by atoms with Gasteiger partial charge in [0.15, 0.2) is 5.82 Å². The van der Waals surface area contributed by atoms with Crippen LogP contribution in [0.5, 0.6) is 0 Å². The zero-order chi connectivity index (χ0) is 13.2. The maximum absolute atomic E-state index is 9.74. The zero-order valence-electron chi connectivity index (χ0n) is 10.9. The number of nitrogens with zero attached hydrogens (tertiary/aromatic N) is 5. The third-order valence-corrected chi connectivity index (χ3v) is 3.50. The van der Waals surface area contributed by atoms with E-state index >= 15 is 0 Å². The molecule has 1 atom stereocenters. The summed E-state index contributed by atoms with van der Waals surface area (Å²) in [6, 6.07) is 3.90. The Labute approximate surface area is 111 Å². The van der Waals surface area contributed by atoms with Gasteiger partial charge in [0.1, 0.15) is 6.33 Å². The van der Waals surface area contributed by atoms with Gasteiger partial charge in [-0.25, -0.2) is 0 Å². The summed E-state index contributed by atoms with van der Waals surface area (Å²) in [7, 11) is 0. The number of hydrogen-bond acceptors (Lipinski definition) is 5. The van der Waals surface area contributed by atoms with Crippen molar-refractivity contribution >= 4 is 5.69 Å². The van der Waals surface area contributed by atoms with Gasteiger partial charge < -0.3 is 14.6 Å². The number of rotatable bonds is 3. The molecule has 0 aliphatic carbocycles. The van der Waals surface area contributed by atoms with Crippen LogP contribution >= 0.6 is 0 Å². The van der Waals surface area contributed by atoms with E-state index in [1.165, 1.54) is 0 Å². The van der Waals surface area contributed by atoms with Crippen LogP contribution in [0.25, 0.3) is 0 Å². The number of aliphatic hydroxyl groups excluding tert-OH is 1. The lowest BCUT2D eigenvalue weighted by molar-refractivity contribution is 0.169. The van der Waals surface area contributed by atoms with E-state index in [9.17, 15) is 5.11 Å². The largest absolute Gasteiger partial charge is 0.387 e. The van der Waals surface area contributed by atoms with Crippen LogP contribution in [0.15, 0.2) is 24.7 Å². The third-order valence-electron chi connectivity index (χ3n) is 3.50. The van der Waals surface area contributed by atoms with Crippen LogP contribution in [0.1, 0.15) is 31.0 Å². The SMILES string of the molecule is CC[C@H](O)c1ccc(N2CCn3cnnc3C2)cn1. The molecule has 0 unspecified atom stereocenters. The number of anilines is 1. The van der Waals surface area contributed by atoms with Gasteiger partial charge in [-0.15, -0.1) is 10.2 Å². The Bertz CT molecular complexity index is 550. The number of fused-ring (bicyclic) bond motifs is 1. The fourth-order valence-corrected chi connectivity index (χ4v) is 2.28. The van der Waals surface area contributed by atoms with Crippen molar-refractivity contribution in [2.24, 2.45) is 0 Å². The number of hydrogen-bond donors (Lipinski definition) is 1. The molecule has 1 aliphatic rings. The van der Waals surface area contributed by atoms with Crippen LogP contribution in [-0.4, -0.2) is 31.4 Å². The summed E-state index contributed by atoms with van der Waals surface area (Å²) >= 11 is 0. The van der Waals surface area contributed by atoms with Gasteiger partial charge in [0.2, 0.25) is 0 Å². The van der Waals surface area contributed by atoms with Crippen LogP contribution in [0, 0.1) is 0 Å². The molecule has 0 radical (unpaired) electrons. The molecule has 19 heavy (non-hydrogen) atoms. The fraction of sp³-hybridized carbons (Fsp3) is 0.462. The Kier molecular flexibility index (Phi) is 3.16. The summed E-state index contributed by atoms with van der Waals surface area (Å²) in [5, 5.41) is 17.8. The quantitative estimate of drug-likeness (QED) is 0.895. The zero-order valence-corrected chi connectivity index (χ0v) is 10.9. The van der Waals surface area contributed by atoms with E-state index in [0.29, 0.717) is 6.42 Å². The van der Waals surface area contributed by atoms with E-state index in [1.54, 1.807) is 6.33 Å². The Hall–Kier alpha value is -1.95. The second-order valence-electron chi connectivity index (χ2n) is 4.73. The molecular weight excluding hydrogens is 242 g/mol. The Morgan fingerprint density at radius 2 is 2.26 bits per heavy atom. The molecule has 3 rings (SSSR count). The molecule has 100 valence electrons. The Balaban J connectivity index is 1.77. The lowest BCUT2D eigenvalue weighted by atomic mass is 10.2. The van der Waals surface area contributed by atoms with Crippen LogP contribution in [-0.2, 0) is 13.1 Å². The van der Waals surface area contributed by atoms with E-state index in [1.807, 2.05) is 25.3 Å². The molecule has 0 saturated heterocycles. The Morgan fingerprint density at radius 3 is 3.00 bits per heavy atom. The molecule has 6 heteroatoms. The maximum atomic E-state index is 9.74. The molecule has 0 fully saturated rings. The minimum atomic E-state index is -0.474. The summed E-state index contributed by atoms with van der Waals surface area (Å²) in [5.41, 5.74) is 1.78. The fourth-order valence-electron chi connectivity index (χ4n) is 2.28. The summed E-state index contributed by atoms with van der Waals surface area (Å²) in [5.74, 6) is 0.976. The highest BCUT2D eigenvalue weighted by Crippen LogP contribution is 2.21. The summed E-state index contributed by atoms with van der Waals surface area (Å²) in [6.45, 7) is 4.50. The lowest BCUT2D eigenvalue weighted by Crippen LogP contribution is -2.33. The van der Waals surface area contributed by atoms with E-state index < -0.39 is 6.10 Å². The van der Waals surface area contributed by atoms with Gasteiger partial charge in [0.05, 0.1) is 30.2 Å². The highest BCUT2D eigenvalue weighted by atomic mass is 16.3. The van der Waals surface area contributed by atoms with Crippen molar-refractivity contribution in [3.63, 3.8) is 0 Å². The minimum Gasteiger partial charge on any atom is -0.387 e. The van der Waals surface area contributed by atoms with Gasteiger partial charge in [-0.3, -0.25) is 4.98 Å². The van der Waals surface area contributed by atoms with E-state index in [-0.39, 0.29) is 0 Å². The van der Waals surface area contributed by atoms with Gasteiger partial charge in [0, 0.05) is 13.1 Å². The van der Waals surface area contributed by atoms with Gasteiger partial charge in [0.25, 0.3) is 0 Å². The molecule has 2 aromatic rings. The maximum Gasteiger partial charge on any atom is 0.152 e. The van der Waals surface area contributed by atoms with E-state index in [2.05, 4.69) is 24.6 Å². The molecule has 1 aliphatic heterocycles. The first-order valence-electron chi connectivity index (χ1n) is 6.53. The molecule has 0 amide bonds. The predicted octanol–water partition coefficient (Wildman–Crippen LogP) is 1.14. The first kappa shape index (κ1) is 12.1. The van der Waals surface area contributed by atoms with Crippen molar-refractivity contribution in [2.75, 3.05) is 11.4 Å². The van der Waals surface area contributed by atoms with Crippen LogP contribution in [0.3, 0.4) is 0 Å². The van der Waals surface area contributed by atoms with Gasteiger partial charge >= 0.3 is 0 Å². The molecule has 1 N–H and O–H groups in total. The monoisotopic (exact) mass is 259 g/mol. The lowest BCUT2D eigenvalue weighted by Gasteiger charge is -2.28. The summed E-state index contributed by atoms with van der Waals surface area (Å²) in [6.07, 6.45) is 3.80. The van der Waals surface area contributed by atoms with Crippen molar-refractivity contribution < 1.29 is 5.11 Å². The number of pyridine rings is 1. The second kappa shape index (κ2) is 4.97. The molecule has 0 saturated carbocycles. The molecule has 2 aromatic heterocycles. The topological polar surface area (TPSA) is 67.1 Å². The molecule has 6 nitrogen and oxygen atoms in total. The summed E-state index contributed by atoms with van der Waals surface area (Å²) in [4.78, 5) is 6.56. The van der Waals surface area contributed by atoms with Crippen molar-refractivity contribution in [3.05, 3.63) is 36.2 Å². The van der Waals surface area contributed by atoms with Crippen molar-refractivity contribution in [3.8, 4) is 0 Å². The number of aromatic nitrogens is 4. The summed E-state index contributed by atoms with van der Waals surface area (Å²) < 4.78 is 2.07. The number of aliphatic hydroxyl groups is 1. The first-order chi connectivity index (χ1) is 9.28. The highest BCUT2D eigenvalue weighted by Gasteiger charge is 2.18. The minimum absolute atomic E-state index is 0.474. The molecule has 3 heterocycles. The van der Waals surface area contributed by atoms with Gasteiger partial charge in [-0.1, -0.05) is 6.92 Å². The van der Waals surface area contributed by atoms with Crippen LogP contribution < -0.4 is 4.90 Å². The van der Waals surface area contributed by atoms with Crippen LogP contribution in [0.2, 0.25) is 0 Å². The smallest absolute Gasteiger partial charge is 0.152 e. The average Bonchev–Trinajstić information content (AvgIpc) is 2.94. The molecule has 0 aromatic carbocycles. The molecule has 0 bridgehead atoms. The standard InChI is InChI=1S/C13H17N5O/c1-2-12(19)11-4-3-10(7-14-11)17-5-6-18-9-15-16-13(18)8-17/h3-4,7,9,12,19H,2,5-6,8H2,1H3/t12-/m0/s1. The highest BCUT2D eigenvalue weighted by molar-refractivity contribution is 5.45. The molecular formula is C13H17N5O. The Morgan fingerprint density at radius 1 is 1.37 bits per heavy atom. The van der Waals surface area contributed by atoms with Crippen molar-refractivity contribution in [1.29, 1.82) is 0 Å². The van der Waals surface area contributed by atoms with E-state index in [0.717, 1.165) is 36.8 Å². The predicted molar refractivity (Wildman–Crippen MR) is 70.6 cm³/mol. The first-order valence-corrected chi connectivity index (χ1v) is 6.53. The van der Waals surface area contributed by atoms with Gasteiger partial charge in [-0.2, -0.15) is 0 Å². The van der Waals surface area contributed by atoms with Crippen molar-refractivity contribution in [2.45, 2.75) is 32.5 Å².